The minimum absolute atomic E-state index is 0.101. The van der Waals surface area contributed by atoms with Crippen molar-refractivity contribution in [2.24, 2.45) is 0 Å². The lowest BCUT2D eigenvalue weighted by Crippen LogP contribution is -2.03. The summed E-state index contributed by atoms with van der Waals surface area (Å²) in [6.45, 7) is 0.101. The highest BCUT2D eigenvalue weighted by Gasteiger charge is 2.09. The van der Waals surface area contributed by atoms with Crippen LogP contribution in [0.15, 0.2) is 22.7 Å². The second-order valence-corrected chi connectivity index (χ2v) is 3.63. The van der Waals surface area contributed by atoms with Crippen LogP contribution in [0.2, 0.25) is 0 Å². The monoisotopic (exact) mass is 258 g/mol. The summed E-state index contributed by atoms with van der Waals surface area (Å²) in [4.78, 5) is 11.2. The topological polar surface area (TPSA) is 46.5 Å². The van der Waals surface area contributed by atoms with E-state index in [0.29, 0.717) is 16.5 Å². The van der Waals surface area contributed by atoms with Gasteiger partial charge in [0.2, 0.25) is 0 Å². The average Bonchev–Trinajstić information content (AvgIpc) is 2.17. The number of benzene rings is 1. The van der Waals surface area contributed by atoms with Gasteiger partial charge in [0.1, 0.15) is 0 Å². The first-order chi connectivity index (χ1) is 6.69. The largest absolute Gasteiger partial charge is 0.465 e. The maximum Gasteiger partial charge on any atom is 0.338 e. The maximum absolute atomic E-state index is 11.2. The van der Waals surface area contributed by atoms with Crippen LogP contribution in [0.4, 0.5) is 0 Å². The van der Waals surface area contributed by atoms with Crippen LogP contribution in [0.5, 0.6) is 0 Å². The summed E-state index contributed by atoms with van der Waals surface area (Å²) >= 11 is 3.28. The first-order valence-corrected chi connectivity index (χ1v) is 4.96. The number of aliphatic hydroxyl groups is 1. The second-order valence-electron chi connectivity index (χ2n) is 2.78. The van der Waals surface area contributed by atoms with E-state index in [1.165, 1.54) is 7.11 Å². The molecule has 0 atom stereocenters. The Kier molecular flexibility index (Phi) is 4.10. The number of halogens is 1. The van der Waals surface area contributed by atoms with Gasteiger partial charge in [-0.1, -0.05) is 6.07 Å². The van der Waals surface area contributed by atoms with Gasteiger partial charge in [0.15, 0.2) is 0 Å². The Hall–Kier alpha value is -0.870. The van der Waals surface area contributed by atoms with Crippen LogP contribution in [0.1, 0.15) is 15.9 Å². The van der Waals surface area contributed by atoms with Crippen molar-refractivity contribution in [3.8, 4) is 0 Å². The van der Waals surface area contributed by atoms with Crippen molar-refractivity contribution < 1.29 is 14.6 Å². The summed E-state index contributed by atoms with van der Waals surface area (Å²) in [5, 5.41) is 8.73. The molecular weight excluding hydrogens is 248 g/mol. The van der Waals surface area contributed by atoms with Gasteiger partial charge < -0.3 is 9.84 Å². The zero-order chi connectivity index (χ0) is 10.6. The average molecular weight is 259 g/mol. The summed E-state index contributed by atoms with van der Waals surface area (Å²) in [5.41, 5.74) is 1.47. The molecule has 0 spiro atoms. The molecule has 1 aromatic rings. The third-order valence-electron chi connectivity index (χ3n) is 1.84. The van der Waals surface area contributed by atoms with Gasteiger partial charge in [0.25, 0.3) is 0 Å². The van der Waals surface area contributed by atoms with Crippen molar-refractivity contribution in [2.45, 2.75) is 6.42 Å². The summed E-state index contributed by atoms with van der Waals surface area (Å²) in [6, 6.07) is 5.29. The predicted molar refractivity (Wildman–Crippen MR) is 56.3 cm³/mol. The molecular formula is C10H11BrO3. The van der Waals surface area contributed by atoms with Gasteiger partial charge in [-0.3, -0.25) is 0 Å². The molecule has 3 nitrogen and oxygen atoms in total. The number of methoxy groups -OCH3 is 1. The van der Waals surface area contributed by atoms with E-state index >= 15 is 0 Å². The smallest absolute Gasteiger partial charge is 0.338 e. The first-order valence-electron chi connectivity index (χ1n) is 4.16. The number of aliphatic hydroxyl groups excluding tert-OH is 1. The molecule has 4 heteroatoms. The van der Waals surface area contributed by atoms with Gasteiger partial charge in [-0.2, -0.15) is 0 Å². The number of hydrogen-bond acceptors (Lipinski definition) is 3. The fourth-order valence-corrected chi connectivity index (χ4v) is 1.71. The fraction of sp³-hybridized carbons (Fsp3) is 0.300. The van der Waals surface area contributed by atoms with Crippen LogP contribution in [0.25, 0.3) is 0 Å². The Morgan fingerprint density at radius 1 is 1.57 bits per heavy atom. The summed E-state index contributed by atoms with van der Waals surface area (Å²) < 4.78 is 5.29. The van der Waals surface area contributed by atoms with E-state index in [-0.39, 0.29) is 12.6 Å². The Morgan fingerprint density at radius 3 is 2.79 bits per heavy atom. The minimum Gasteiger partial charge on any atom is -0.465 e. The Bertz CT molecular complexity index is 336. The molecule has 0 radical (unpaired) electrons. The number of esters is 1. The van der Waals surface area contributed by atoms with Gasteiger partial charge >= 0.3 is 5.97 Å². The number of carbonyl (C=O) groups is 1. The second kappa shape index (κ2) is 5.12. The minimum atomic E-state index is -0.368. The van der Waals surface area contributed by atoms with Crippen molar-refractivity contribution in [1.82, 2.24) is 0 Å². The fourth-order valence-electron chi connectivity index (χ4n) is 1.12. The number of hydrogen-bond donors (Lipinski definition) is 1. The van der Waals surface area contributed by atoms with E-state index < -0.39 is 0 Å². The number of carbonyl (C=O) groups excluding carboxylic acids is 1. The quantitative estimate of drug-likeness (QED) is 0.841. The van der Waals surface area contributed by atoms with Gasteiger partial charge in [0.05, 0.1) is 12.7 Å². The van der Waals surface area contributed by atoms with Crippen molar-refractivity contribution >= 4 is 21.9 Å². The normalized spacial score (nSPS) is 9.93. The Labute approximate surface area is 90.8 Å². The van der Waals surface area contributed by atoms with Gasteiger partial charge in [-0.25, -0.2) is 4.79 Å². The van der Waals surface area contributed by atoms with Gasteiger partial charge in [-0.05, 0) is 40.0 Å². The molecule has 0 aliphatic carbocycles. The van der Waals surface area contributed by atoms with Crippen LogP contribution in [0, 0.1) is 0 Å². The van der Waals surface area contributed by atoms with Crippen molar-refractivity contribution in [3.05, 3.63) is 33.8 Å². The van der Waals surface area contributed by atoms with E-state index in [9.17, 15) is 4.79 Å². The number of ether oxygens (including phenoxy) is 1. The lowest BCUT2D eigenvalue weighted by molar-refractivity contribution is 0.0599. The summed E-state index contributed by atoms with van der Waals surface area (Å²) in [7, 11) is 1.34. The molecule has 0 fully saturated rings. The molecule has 76 valence electrons. The van der Waals surface area contributed by atoms with Crippen LogP contribution >= 0.6 is 15.9 Å². The zero-order valence-electron chi connectivity index (χ0n) is 7.79. The van der Waals surface area contributed by atoms with Crippen molar-refractivity contribution in [3.63, 3.8) is 0 Å². The summed E-state index contributed by atoms with van der Waals surface area (Å²) in [6.07, 6.45) is 0.583. The molecule has 0 unspecified atom stereocenters. The molecule has 0 heterocycles. The van der Waals surface area contributed by atoms with Gasteiger partial charge in [0, 0.05) is 11.1 Å². The Balaban J connectivity index is 2.95. The highest BCUT2D eigenvalue weighted by Crippen LogP contribution is 2.19. The highest BCUT2D eigenvalue weighted by molar-refractivity contribution is 9.10. The molecule has 1 aromatic carbocycles. The Morgan fingerprint density at radius 2 is 2.29 bits per heavy atom. The first kappa shape index (κ1) is 11.2. The molecule has 0 aliphatic rings. The van der Waals surface area contributed by atoms with Crippen LogP contribution in [0.3, 0.4) is 0 Å². The molecule has 0 saturated carbocycles. The van der Waals surface area contributed by atoms with E-state index in [1.54, 1.807) is 12.1 Å². The van der Waals surface area contributed by atoms with Crippen LogP contribution in [-0.2, 0) is 11.2 Å². The van der Waals surface area contributed by atoms with Crippen molar-refractivity contribution in [2.75, 3.05) is 13.7 Å². The van der Waals surface area contributed by atoms with Crippen LogP contribution < -0.4 is 0 Å². The molecule has 0 aliphatic heterocycles. The molecule has 0 aromatic heterocycles. The highest BCUT2D eigenvalue weighted by atomic mass is 79.9. The lowest BCUT2D eigenvalue weighted by atomic mass is 10.1. The summed E-state index contributed by atoms with van der Waals surface area (Å²) in [5.74, 6) is -0.368. The van der Waals surface area contributed by atoms with Crippen molar-refractivity contribution in [1.29, 1.82) is 0 Å². The van der Waals surface area contributed by atoms with Crippen LogP contribution in [-0.4, -0.2) is 24.8 Å². The standard InChI is InChI=1S/C10H11BrO3/c1-14-10(13)8-3-2-7(4-5-12)6-9(8)11/h2-3,6,12H,4-5H2,1H3. The third kappa shape index (κ3) is 2.56. The maximum atomic E-state index is 11.2. The molecule has 1 N–H and O–H groups in total. The lowest BCUT2D eigenvalue weighted by Gasteiger charge is -2.04. The molecule has 1 rings (SSSR count). The predicted octanol–water partition coefficient (Wildman–Crippen LogP) is 1.77. The zero-order valence-corrected chi connectivity index (χ0v) is 9.37. The molecule has 0 amide bonds. The van der Waals surface area contributed by atoms with E-state index in [1.807, 2.05) is 6.07 Å². The third-order valence-corrected chi connectivity index (χ3v) is 2.50. The SMILES string of the molecule is COC(=O)c1ccc(CCO)cc1Br. The molecule has 0 bridgehead atoms. The van der Waals surface area contributed by atoms with Gasteiger partial charge in [-0.15, -0.1) is 0 Å². The van der Waals surface area contributed by atoms with E-state index in [2.05, 4.69) is 20.7 Å². The van der Waals surface area contributed by atoms with E-state index in [4.69, 9.17) is 5.11 Å². The number of rotatable bonds is 3. The molecule has 14 heavy (non-hydrogen) atoms. The molecule has 0 saturated heterocycles. The van der Waals surface area contributed by atoms with E-state index in [0.717, 1.165) is 5.56 Å².